The van der Waals surface area contributed by atoms with Gasteiger partial charge in [0.25, 0.3) is 0 Å². The fourth-order valence-corrected chi connectivity index (χ4v) is 3.62. The van der Waals surface area contributed by atoms with Crippen LogP contribution < -0.4 is 0 Å². The first-order chi connectivity index (χ1) is 10.8. The van der Waals surface area contributed by atoms with Crippen molar-refractivity contribution in [1.29, 1.82) is 0 Å². The molecule has 0 spiro atoms. The molecule has 2 rings (SSSR count). The average Bonchev–Trinajstić information content (AvgIpc) is 2.55. The van der Waals surface area contributed by atoms with Gasteiger partial charge in [0, 0.05) is 138 Å². The van der Waals surface area contributed by atoms with Crippen LogP contribution in [0.5, 0.6) is 0 Å². The molecule has 0 saturated carbocycles. The summed E-state index contributed by atoms with van der Waals surface area (Å²) in [6.07, 6.45) is -2.71. The van der Waals surface area contributed by atoms with Gasteiger partial charge in [-0.1, -0.05) is 27.7 Å². The minimum absolute atomic E-state index is 0. The van der Waals surface area contributed by atoms with Crippen LogP contribution in [0.2, 0.25) is 0 Å². The number of hydrogen-bond acceptors (Lipinski definition) is 6. The maximum Gasteiger partial charge on any atom is 0.184 e. The van der Waals surface area contributed by atoms with Crippen LogP contribution in [0.1, 0.15) is 41.0 Å². The quantitative estimate of drug-likeness (QED) is 0.389. The summed E-state index contributed by atoms with van der Waals surface area (Å²) in [5.41, 5.74) is 0. The van der Waals surface area contributed by atoms with Gasteiger partial charge in [0.15, 0.2) is 6.29 Å². The number of rotatable bonds is 4. The minimum atomic E-state index is -0.938. The smallest absolute Gasteiger partial charge is 0.184 e. The van der Waals surface area contributed by atoms with Crippen molar-refractivity contribution in [3.05, 3.63) is 0 Å². The molecular weight excluding hydrogens is 981 g/mol. The molecule has 2 fully saturated rings. The van der Waals surface area contributed by atoms with Crippen molar-refractivity contribution in [2.75, 3.05) is 6.61 Å². The molecule has 6 nitrogen and oxygen atoms in total. The van der Waals surface area contributed by atoms with Gasteiger partial charge in [-0.2, -0.15) is 0 Å². The van der Waals surface area contributed by atoms with Gasteiger partial charge in [0.1, 0.15) is 12.2 Å². The van der Waals surface area contributed by atoms with E-state index in [4.69, 9.17) is 14.2 Å². The minimum Gasteiger partial charge on any atom is -0.394 e. The summed E-state index contributed by atoms with van der Waals surface area (Å²) < 4.78 is 17.8. The van der Waals surface area contributed by atoms with Crippen LogP contribution in [0.25, 0.3) is 0 Å². The molecule has 2 aliphatic heterocycles. The van der Waals surface area contributed by atoms with Crippen LogP contribution in [-0.2, 0) is 14.2 Å². The maximum atomic E-state index is 10.4. The third-order valence-corrected chi connectivity index (χ3v) is 5.76. The SMILES string of the molecule is CCC1O[C@@H](C)C(C)[C@@H](C)[C@H]1O[C@H]1O[C@@H](CO)[C@@H](O)C(C)C1O.[Ac].[Ac].[Ac]. The second-order valence-corrected chi connectivity index (χ2v) is 7.17. The van der Waals surface area contributed by atoms with Crippen molar-refractivity contribution >= 4 is 0 Å². The predicted octanol–water partition coefficient (Wildman–Crippen LogP) is 0.916. The zero-order valence-electron chi connectivity index (χ0n) is 16.5. The van der Waals surface area contributed by atoms with E-state index in [2.05, 4.69) is 27.7 Å². The Bertz CT molecular complexity index is 388. The molecule has 2 saturated heterocycles. The van der Waals surface area contributed by atoms with Gasteiger partial charge in [-0.15, -0.1) is 0 Å². The number of aliphatic hydroxyl groups is 3. The molecular formula is C17H32Ac3O6. The molecule has 0 aromatic rings. The summed E-state index contributed by atoms with van der Waals surface area (Å²) in [6.45, 7) is 9.83. The first kappa shape index (κ1) is 32.3. The molecule has 10 atom stereocenters. The summed E-state index contributed by atoms with van der Waals surface area (Å²) in [5, 5.41) is 29.8. The largest absolute Gasteiger partial charge is 0.394 e. The number of ether oxygens (including phenoxy) is 3. The van der Waals surface area contributed by atoms with E-state index in [0.29, 0.717) is 5.92 Å². The van der Waals surface area contributed by atoms with Crippen LogP contribution in [0.3, 0.4) is 0 Å². The molecule has 9 heteroatoms. The monoisotopic (exact) mass is 1010 g/mol. The summed E-state index contributed by atoms with van der Waals surface area (Å²) in [6, 6.07) is 0. The van der Waals surface area contributed by atoms with Crippen molar-refractivity contribution in [3.8, 4) is 0 Å². The molecule has 2 heterocycles. The average molecular weight is 1010 g/mol. The van der Waals surface area contributed by atoms with Gasteiger partial charge >= 0.3 is 0 Å². The fourth-order valence-electron chi connectivity index (χ4n) is 3.62. The molecule has 0 aromatic carbocycles. The normalized spacial score (nSPS) is 45.7. The molecule has 0 aromatic heterocycles. The number of aliphatic hydroxyl groups excluding tert-OH is 3. The first-order valence-corrected chi connectivity index (χ1v) is 8.75. The topological polar surface area (TPSA) is 88.4 Å². The molecule has 26 heavy (non-hydrogen) atoms. The Morgan fingerprint density at radius 3 is 1.88 bits per heavy atom. The van der Waals surface area contributed by atoms with E-state index < -0.39 is 30.5 Å². The summed E-state index contributed by atoms with van der Waals surface area (Å²) >= 11 is 0. The van der Waals surface area contributed by atoms with Crippen LogP contribution in [-0.4, -0.2) is 64.8 Å². The first-order valence-electron chi connectivity index (χ1n) is 8.75. The van der Waals surface area contributed by atoms with Crippen molar-refractivity contribution < 1.29 is 162 Å². The van der Waals surface area contributed by atoms with Gasteiger partial charge in [0.05, 0.1) is 31.0 Å². The van der Waals surface area contributed by atoms with Crippen molar-refractivity contribution in [1.82, 2.24) is 0 Å². The van der Waals surface area contributed by atoms with Crippen LogP contribution in [0.4, 0.5) is 0 Å². The summed E-state index contributed by atoms with van der Waals surface area (Å²) in [7, 11) is 0. The third kappa shape index (κ3) is 7.59. The van der Waals surface area contributed by atoms with Crippen LogP contribution in [0, 0.1) is 150 Å². The van der Waals surface area contributed by atoms with E-state index >= 15 is 0 Å². The maximum absolute atomic E-state index is 10.4. The Morgan fingerprint density at radius 2 is 1.38 bits per heavy atom. The standard InChI is InChI=1S/C17H32O6.3Ac/c1-6-12-16(9(3)8(2)11(5)21-12)23-17-15(20)10(4)14(19)13(7-18)22-17;;;/h8-20H,6-7H2,1-5H3;;;/t8?,9-,10?,11+,12?,13+,14+,15?,16-,17-;;;/m1.../s1. The van der Waals surface area contributed by atoms with E-state index in [9.17, 15) is 15.3 Å². The Morgan fingerprint density at radius 1 is 0.808 bits per heavy atom. The molecule has 4 unspecified atom stereocenters. The molecule has 145 valence electrons. The van der Waals surface area contributed by atoms with Crippen LogP contribution in [0.15, 0.2) is 0 Å². The van der Waals surface area contributed by atoms with Crippen molar-refractivity contribution in [3.63, 3.8) is 0 Å². The molecule has 3 radical (unpaired) electrons. The van der Waals surface area contributed by atoms with Crippen LogP contribution >= 0.6 is 0 Å². The van der Waals surface area contributed by atoms with Gasteiger partial charge < -0.3 is 29.5 Å². The molecule has 0 amide bonds. The third-order valence-electron chi connectivity index (χ3n) is 5.76. The van der Waals surface area contributed by atoms with Gasteiger partial charge in [0.2, 0.25) is 0 Å². The molecule has 0 aliphatic carbocycles. The van der Waals surface area contributed by atoms with Gasteiger partial charge in [-0.25, -0.2) is 0 Å². The van der Waals surface area contributed by atoms with E-state index in [1.54, 1.807) is 6.92 Å². The van der Waals surface area contributed by atoms with E-state index in [1.165, 1.54) is 0 Å². The van der Waals surface area contributed by atoms with Gasteiger partial charge in [-0.05, 0) is 25.2 Å². The van der Waals surface area contributed by atoms with Gasteiger partial charge in [-0.3, -0.25) is 0 Å². The molecule has 2 aliphatic rings. The second kappa shape index (κ2) is 15.0. The Hall–Kier alpha value is 4.08. The Kier molecular flexibility index (Phi) is 18.6. The zero-order chi connectivity index (χ0) is 17.3. The van der Waals surface area contributed by atoms with E-state index in [-0.39, 0.29) is 163 Å². The van der Waals surface area contributed by atoms with Crippen molar-refractivity contribution in [2.45, 2.75) is 84.0 Å². The summed E-state index contributed by atoms with van der Waals surface area (Å²) in [4.78, 5) is 0. The second-order valence-electron chi connectivity index (χ2n) is 7.17. The van der Waals surface area contributed by atoms with Crippen molar-refractivity contribution in [2.24, 2.45) is 17.8 Å². The Balaban J connectivity index is 0. The Labute approximate surface area is 264 Å². The molecule has 0 bridgehead atoms. The summed E-state index contributed by atoms with van der Waals surface area (Å²) in [5.74, 6) is 0.163. The zero-order valence-corrected chi connectivity index (χ0v) is 30.7. The molecule has 3 N–H and O–H groups in total. The van der Waals surface area contributed by atoms with E-state index in [1.807, 2.05) is 0 Å². The van der Waals surface area contributed by atoms with E-state index in [0.717, 1.165) is 6.42 Å². The number of hydrogen-bond donors (Lipinski definition) is 3. The predicted molar refractivity (Wildman–Crippen MR) is 84.8 cm³/mol. The fraction of sp³-hybridized carbons (Fsp3) is 1.00.